The SMILES string of the molecule is COCCc1noc(CN[C@@H]2CCCC2(C)C)n1. The second-order valence-corrected chi connectivity index (χ2v) is 5.66. The topological polar surface area (TPSA) is 60.2 Å². The number of nitrogens with one attached hydrogen (secondary N) is 1. The first-order valence-electron chi connectivity index (χ1n) is 6.65. The van der Waals surface area contributed by atoms with E-state index in [0.717, 1.165) is 5.82 Å². The van der Waals surface area contributed by atoms with Gasteiger partial charge in [0.15, 0.2) is 5.82 Å². The highest BCUT2D eigenvalue weighted by atomic mass is 16.5. The third-order valence-corrected chi connectivity index (χ3v) is 3.80. The Morgan fingerprint density at radius 1 is 1.50 bits per heavy atom. The van der Waals surface area contributed by atoms with Crippen molar-refractivity contribution in [3.05, 3.63) is 11.7 Å². The average Bonchev–Trinajstić information content (AvgIpc) is 2.90. The molecular weight excluding hydrogens is 230 g/mol. The van der Waals surface area contributed by atoms with Gasteiger partial charge in [0.1, 0.15) is 0 Å². The minimum Gasteiger partial charge on any atom is -0.384 e. The Morgan fingerprint density at radius 3 is 3.00 bits per heavy atom. The molecule has 1 saturated carbocycles. The predicted molar refractivity (Wildman–Crippen MR) is 68.1 cm³/mol. The van der Waals surface area contributed by atoms with Crippen LogP contribution in [-0.4, -0.2) is 29.9 Å². The second-order valence-electron chi connectivity index (χ2n) is 5.66. The van der Waals surface area contributed by atoms with Gasteiger partial charge >= 0.3 is 0 Å². The molecule has 1 aliphatic carbocycles. The summed E-state index contributed by atoms with van der Waals surface area (Å²) in [6.07, 6.45) is 4.52. The number of methoxy groups -OCH3 is 1. The van der Waals surface area contributed by atoms with Crippen molar-refractivity contribution < 1.29 is 9.26 Å². The number of ether oxygens (including phenoxy) is 1. The number of nitrogens with zero attached hydrogens (tertiary/aromatic N) is 2. The molecule has 1 aliphatic rings. The highest BCUT2D eigenvalue weighted by Crippen LogP contribution is 2.37. The fraction of sp³-hybridized carbons (Fsp3) is 0.846. The zero-order chi connectivity index (χ0) is 13.0. The predicted octanol–water partition coefficient (Wildman–Crippen LogP) is 1.93. The van der Waals surface area contributed by atoms with Crippen LogP contribution >= 0.6 is 0 Å². The van der Waals surface area contributed by atoms with Gasteiger partial charge in [0.25, 0.3) is 0 Å². The van der Waals surface area contributed by atoms with E-state index in [4.69, 9.17) is 9.26 Å². The summed E-state index contributed by atoms with van der Waals surface area (Å²) in [6, 6.07) is 0.548. The summed E-state index contributed by atoms with van der Waals surface area (Å²) in [5.41, 5.74) is 0.374. The van der Waals surface area contributed by atoms with Crippen LogP contribution in [0.2, 0.25) is 0 Å². The van der Waals surface area contributed by atoms with E-state index < -0.39 is 0 Å². The monoisotopic (exact) mass is 253 g/mol. The van der Waals surface area contributed by atoms with Gasteiger partial charge in [-0.1, -0.05) is 25.4 Å². The quantitative estimate of drug-likeness (QED) is 0.839. The summed E-state index contributed by atoms with van der Waals surface area (Å²) < 4.78 is 10.2. The van der Waals surface area contributed by atoms with Gasteiger partial charge in [-0.05, 0) is 18.3 Å². The van der Waals surface area contributed by atoms with Gasteiger partial charge in [0.05, 0.1) is 13.2 Å². The van der Waals surface area contributed by atoms with Crippen LogP contribution in [0, 0.1) is 5.41 Å². The van der Waals surface area contributed by atoms with E-state index in [0.29, 0.717) is 36.9 Å². The van der Waals surface area contributed by atoms with Crippen molar-refractivity contribution in [2.24, 2.45) is 5.41 Å². The van der Waals surface area contributed by atoms with E-state index in [1.165, 1.54) is 19.3 Å². The van der Waals surface area contributed by atoms with Crippen LogP contribution in [0.15, 0.2) is 4.52 Å². The molecule has 0 aromatic carbocycles. The van der Waals surface area contributed by atoms with Crippen LogP contribution in [0.3, 0.4) is 0 Å². The van der Waals surface area contributed by atoms with Crippen LogP contribution in [0.1, 0.15) is 44.8 Å². The third-order valence-electron chi connectivity index (χ3n) is 3.80. The molecular formula is C13H23N3O2. The molecule has 0 bridgehead atoms. The highest BCUT2D eigenvalue weighted by Gasteiger charge is 2.34. The Kier molecular flexibility index (Phi) is 4.35. The van der Waals surface area contributed by atoms with Crippen LogP contribution in [0.4, 0.5) is 0 Å². The molecule has 5 heteroatoms. The van der Waals surface area contributed by atoms with E-state index >= 15 is 0 Å². The van der Waals surface area contributed by atoms with Crippen LogP contribution < -0.4 is 5.32 Å². The lowest BCUT2D eigenvalue weighted by Crippen LogP contribution is -2.37. The highest BCUT2D eigenvalue weighted by molar-refractivity contribution is 4.92. The van der Waals surface area contributed by atoms with Crippen molar-refractivity contribution >= 4 is 0 Å². The van der Waals surface area contributed by atoms with Gasteiger partial charge in [0.2, 0.25) is 5.89 Å². The molecule has 2 rings (SSSR count). The number of aromatic nitrogens is 2. The van der Waals surface area contributed by atoms with Crippen LogP contribution in [0.25, 0.3) is 0 Å². The first-order valence-corrected chi connectivity index (χ1v) is 6.65. The number of rotatable bonds is 6. The number of hydrogen-bond acceptors (Lipinski definition) is 5. The molecule has 0 spiro atoms. The van der Waals surface area contributed by atoms with E-state index in [-0.39, 0.29) is 0 Å². The Balaban J connectivity index is 1.81. The van der Waals surface area contributed by atoms with Crippen LogP contribution in [-0.2, 0) is 17.7 Å². The Labute approximate surface area is 108 Å². The molecule has 0 saturated heterocycles. The van der Waals surface area contributed by atoms with Crippen LogP contribution in [0.5, 0.6) is 0 Å². The molecule has 1 aromatic rings. The zero-order valence-corrected chi connectivity index (χ0v) is 11.5. The lowest BCUT2D eigenvalue weighted by atomic mass is 9.87. The Hall–Kier alpha value is -0.940. The molecule has 1 fully saturated rings. The van der Waals surface area contributed by atoms with E-state index in [9.17, 15) is 0 Å². The molecule has 1 aromatic heterocycles. The molecule has 1 heterocycles. The minimum atomic E-state index is 0.374. The minimum absolute atomic E-state index is 0.374. The van der Waals surface area contributed by atoms with Crippen molar-refractivity contribution in [3.8, 4) is 0 Å². The molecule has 18 heavy (non-hydrogen) atoms. The summed E-state index contributed by atoms with van der Waals surface area (Å²) in [5.74, 6) is 1.39. The molecule has 102 valence electrons. The Bertz CT molecular complexity index is 376. The summed E-state index contributed by atoms with van der Waals surface area (Å²) in [4.78, 5) is 4.34. The fourth-order valence-corrected chi connectivity index (χ4v) is 2.57. The fourth-order valence-electron chi connectivity index (χ4n) is 2.57. The maximum absolute atomic E-state index is 5.21. The van der Waals surface area contributed by atoms with Gasteiger partial charge in [-0.15, -0.1) is 0 Å². The maximum Gasteiger partial charge on any atom is 0.240 e. The smallest absolute Gasteiger partial charge is 0.240 e. The second kappa shape index (κ2) is 5.80. The van der Waals surface area contributed by atoms with E-state index in [1.807, 2.05) is 0 Å². The lowest BCUT2D eigenvalue weighted by Gasteiger charge is -2.27. The van der Waals surface area contributed by atoms with Gasteiger partial charge in [-0.3, -0.25) is 0 Å². The molecule has 0 aliphatic heterocycles. The largest absolute Gasteiger partial charge is 0.384 e. The summed E-state index contributed by atoms with van der Waals surface area (Å²) in [6.45, 7) is 5.92. The van der Waals surface area contributed by atoms with Gasteiger partial charge < -0.3 is 14.6 Å². The Morgan fingerprint density at radius 2 is 2.33 bits per heavy atom. The van der Waals surface area contributed by atoms with Crippen molar-refractivity contribution in [1.29, 1.82) is 0 Å². The summed E-state index contributed by atoms with van der Waals surface area (Å²) in [7, 11) is 1.67. The normalized spacial score (nSPS) is 22.5. The molecule has 0 radical (unpaired) electrons. The molecule has 1 N–H and O–H groups in total. The van der Waals surface area contributed by atoms with Gasteiger partial charge in [-0.2, -0.15) is 4.98 Å². The molecule has 1 atom stereocenters. The van der Waals surface area contributed by atoms with Crippen molar-refractivity contribution in [3.63, 3.8) is 0 Å². The summed E-state index contributed by atoms with van der Waals surface area (Å²) >= 11 is 0. The summed E-state index contributed by atoms with van der Waals surface area (Å²) in [5, 5.41) is 7.46. The van der Waals surface area contributed by atoms with E-state index in [2.05, 4.69) is 29.3 Å². The van der Waals surface area contributed by atoms with E-state index in [1.54, 1.807) is 7.11 Å². The molecule has 0 unspecified atom stereocenters. The first kappa shape index (κ1) is 13.5. The zero-order valence-electron chi connectivity index (χ0n) is 11.5. The van der Waals surface area contributed by atoms with Crippen molar-refractivity contribution in [2.75, 3.05) is 13.7 Å². The standard InChI is InChI=1S/C13H23N3O2/c1-13(2)7-4-5-10(13)14-9-12-15-11(16-18-12)6-8-17-3/h10,14H,4-9H2,1-3H3/t10-/m1/s1. The first-order chi connectivity index (χ1) is 8.62. The molecule has 0 amide bonds. The molecule has 5 nitrogen and oxygen atoms in total. The maximum atomic E-state index is 5.21. The van der Waals surface area contributed by atoms with Gasteiger partial charge in [-0.25, -0.2) is 0 Å². The lowest BCUT2D eigenvalue weighted by molar-refractivity contribution is 0.199. The van der Waals surface area contributed by atoms with Gasteiger partial charge in [0, 0.05) is 19.6 Å². The number of hydrogen-bond donors (Lipinski definition) is 1. The average molecular weight is 253 g/mol. The third kappa shape index (κ3) is 3.29. The van der Waals surface area contributed by atoms with Crippen molar-refractivity contribution in [2.45, 2.75) is 52.1 Å². The van der Waals surface area contributed by atoms with Crippen molar-refractivity contribution in [1.82, 2.24) is 15.5 Å².